The summed E-state index contributed by atoms with van der Waals surface area (Å²) >= 11 is 8.12. The average molecular weight is 471 g/mol. The number of amides is 2. The Balaban J connectivity index is 1.41. The van der Waals surface area contributed by atoms with E-state index in [1.807, 2.05) is 55.6 Å². The number of nitrogens with one attached hydrogen (secondary N) is 1. The maximum absolute atomic E-state index is 12.7. The van der Waals surface area contributed by atoms with Crippen molar-refractivity contribution in [3.8, 4) is 11.3 Å². The van der Waals surface area contributed by atoms with Gasteiger partial charge in [0, 0.05) is 23.4 Å². The molecule has 7 nitrogen and oxygen atoms in total. The van der Waals surface area contributed by atoms with Crippen LogP contribution in [0.3, 0.4) is 0 Å². The molecule has 158 valence electrons. The molecule has 0 atom stereocenters. The van der Waals surface area contributed by atoms with Crippen LogP contribution < -0.4 is 5.32 Å². The number of carbonyl (C=O) groups excluding carboxylic acids is 2. The quantitative estimate of drug-likeness (QED) is 0.414. The number of aromatic nitrogens is 2. The Morgan fingerprint density at radius 3 is 2.90 bits per heavy atom. The van der Waals surface area contributed by atoms with Crippen LogP contribution in [0.4, 0.5) is 5.82 Å². The zero-order valence-corrected chi connectivity index (χ0v) is 19.2. The Kier molecular flexibility index (Phi) is 6.30. The van der Waals surface area contributed by atoms with Gasteiger partial charge < -0.3 is 5.32 Å². The molecule has 10 heteroatoms. The minimum Gasteiger partial charge on any atom is -0.306 e. The Bertz CT molecular complexity index is 1180. The summed E-state index contributed by atoms with van der Waals surface area (Å²) in [6.45, 7) is 4.11. The lowest BCUT2D eigenvalue weighted by molar-refractivity contribution is -0.122. The second-order valence-corrected chi connectivity index (χ2v) is 9.58. The first-order valence-corrected chi connectivity index (χ1v) is 11.5. The third-order valence-electron chi connectivity index (χ3n) is 4.65. The van der Waals surface area contributed by atoms with E-state index in [0.717, 1.165) is 21.6 Å². The van der Waals surface area contributed by atoms with Gasteiger partial charge in [0.2, 0.25) is 11.7 Å². The van der Waals surface area contributed by atoms with Gasteiger partial charge in [-0.05, 0) is 53.3 Å². The van der Waals surface area contributed by atoms with Gasteiger partial charge in [0.25, 0.3) is 5.91 Å². The van der Waals surface area contributed by atoms with E-state index in [0.29, 0.717) is 14.9 Å². The number of nitrogens with zero attached hydrogens (tertiary/aromatic N) is 3. The molecule has 0 radical (unpaired) electrons. The second-order valence-electron chi connectivity index (χ2n) is 6.93. The fraction of sp³-hybridized carbons (Fsp3) is 0.190. The molecular weight excluding hydrogens is 452 g/mol. The molecule has 1 N–H and O–H groups in total. The van der Waals surface area contributed by atoms with Gasteiger partial charge in [0.1, 0.15) is 4.32 Å². The number of anilines is 1. The summed E-state index contributed by atoms with van der Waals surface area (Å²) in [5, 5.41) is 12.5. The molecule has 0 aliphatic carbocycles. The highest BCUT2D eigenvalue weighted by Gasteiger charge is 2.32. The Morgan fingerprint density at radius 2 is 2.13 bits per heavy atom. The van der Waals surface area contributed by atoms with Crippen molar-refractivity contribution in [1.82, 2.24) is 15.2 Å². The molecule has 3 heterocycles. The van der Waals surface area contributed by atoms with Gasteiger partial charge in [-0.15, -0.1) is 11.3 Å². The lowest BCUT2D eigenvalue weighted by atomic mass is 10.0. The SMILES string of the molecule is Cc1ccc(C)c(-c2nonc2NC(=O)CCN2C(=O)/C(=C/c3cccs3)SC2=S)c1. The van der Waals surface area contributed by atoms with Crippen molar-refractivity contribution >= 4 is 63.3 Å². The lowest BCUT2D eigenvalue weighted by Gasteiger charge is -2.13. The van der Waals surface area contributed by atoms with Gasteiger partial charge in [-0.1, -0.05) is 47.7 Å². The van der Waals surface area contributed by atoms with Crippen molar-refractivity contribution < 1.29 is 14.2 Å². The number of thiocarbonyl (C=S) groups is 1. The van der Waals surface area contributed by atoms with Gasteiger partial charge in [0.05, 0.1) is 4.91 Å². The lowest BCUT2D eigenvalue weighted by Crippen LogP contribution is -2.31. The molecule has 1 aromatic carbocycles. The van der Waals surface area contributed by atoms with E-state index in [4.69, 9.17) is 16.8 Å². The van der Waals surface area contributed by atoms with E-state index >= 15 is 0 Å². The molecule has 0 spiro atoms. The fourth-order valence-electron chi connectivity index (χ4n) is 3.04. The topological polar surface area (TPSA) is 88.3 Å². The Labute approximate surface area is 192 Å². The second kappa shape index (κ2) is 9.13. The summed E-state index contributed by atoms with van der Waals surface area (Å²) in [4.78, 5) is 28.2. The Morgan fingerprint density at radius 1 is 1.29 bits per heavy atom. The summed E-state index contributed by atoms with van der Waals surface area (Å²) in [6.07, 6.45) is 1.89. The first-order valence-electron chi connectivity index (χ1n) is 9.41. The van der Waals surface area contributed by atoms with Crippen LogP contribution in [0, 0.1) is 13.8 Å². The predicted molar refractivity (Wildman–Crippen MR) is 127 cm³/mol. The first kappa shape index (κ1) is 21.4. The van der Waals surface area contributed by atoms with Crippen LogP contribution in [0.25, 0.3) is 17.3 Å². The van der Waals surface area contributed by atoms with Crippen LogP contribution in [0.1, 0.15) is 22.4 Å². The fourth-order valence-corrected chi connectivity index (χ4v) is 5.07. The number of carbonyl (C=O) groups is 2. The summed E-state index contributed by atoms with van der Waals surface area (Å²) in [5.74, 6) is -0.240. The highest BCUT2D eigenvalue weighted by molar-refractivity contribution is 8.26. The van der Waals surface area contributed by atoms with Crippen molar-refractivity contribution in [3.63, 3.8) is 0 Å². The summed E-state index contributed by atoms with van der Waals surface area (Å²) in [6, 6.07) is 9.80. The molecule has 0 saturated carbocycles. The van der Waals surface area contributed by atoms with Gasteiger partial charge in [-0.2, -0.15) is 0 Å². The van der Waals surface area contributed by atoms with Crippen molar-refractivity contribution in [3.05, 3.63) is 56.6 Å². The molecule has 2 amide bonds. The smallest absolute Gasteiger partial charge is 0.266 e. The van der Waals surface area contributed by atoms with Crippen LogP contribution in [-0.2, 0) is 9.59 Å². The molecule has 1 saturated heterocycles. The molecule has 1 aliphatic rings. The third-order valence-corrected chi connectivity index (χ3v) is 6.84. The van der Waals surface area contributed by atoms with E-state index < -0.39 is 0 Å². The number of benzene rings is 1. The van der Waals surface area contributed by atoms with E-state index in [1.54, 1.807) is 11.3 Å². The first-order chi connectivity index (χ1) is 14.9. The highest BCUT2D eigenvalue weighted by atomic mass is 32.2. The molecule has 3 aromatic rings. The number of thiophene rings is 1. The summed E-state index contributed by atoms with van der Waals surface area (Å²) in [7, 11) is 0. The standard InChI is InChI=1S/C21H18N4O3S3/c1-12-5-6-13(2)15(10-12)18-19(24-28-23-18)22-17(26)7-8-25-20(27)16(31-21(25)29)11-14-4-3-9-30-14/h3-6,9-11H,7-8H2,1-2H3,(H,22,24,26)/b16-11-. The molecule has 1 fully saturated rings. The van der Waals surface area contributed by atoms with Gasteiger partial charge >= 0.3 is 0 Å². The van der Waals surface area contributed by atoms with Crippen molar-refractivity contribution in [1.29, 1.82) is 0 Å². The minimum atomic E-state index is -0.307. The van der Waals surface area contributed by atoms with Gasteiger partial charge in [-0.3, -0.25) is 14.5 Å². The molecule has 2 aromatic heterocycles. The predicted octanol–water partition coefficient (Wildman–Crippen LogP) is 4.64. The highest BCUT2D eigenvalue weighted by Crippen LogP contribution is 2.33. The minimum absolute atomic E-state index is 0.0673. The number of thioether (sulfide) groups is 1. The molecule has 31 heavy (non-hydrogen) atoms. The van der Waals surface area contributed by atoms with E-state index in [1.165, 1.54) is 16.7 Å². The number of rotatable bonds is 6. The van der Waals surface area contributed by atoms with E-state index in [-0.39, 0.29) is 30.6 Å². The van der Waals surface area contributed by atoms with E-state index in [2.05, 4.69) is 15.6 Å². The third kappa shape index (κ3) is 4.76. The van der Waals surface area contributed by atoms with Gasteiger partial charge in [0.15, 0.2) is 5.69 Å². The molecule has 0 unspecified atom stereocenters. The van der Waals surface area contributed by atoms with Crippen LogP contribution >= 0.6 is 35.3 Å². The number of hydrogen-bond donors (Lipinski definition) is 1. The maximum atomic E-state index is 12.7. The number of aryl methyl sites for hydroxylation is 2. The van der Waals surface area contributed by atoms with Crippen molar-refractivity contribution in [2.24, 2.45) is 0 Å². The van der Waals surface area contributed by atoms with Gasteiger partial charge in [-0.25, -0.2) is 4.63 Å². The largest absolute Gasteiger partial charge is 0.306 e. The molecule has 4 rings (SSSR count). The summed E-state index contributed by atoms with van der Waals surface area (Å²) < 4.78 is 5.31. The Hall–Kier alpha value is -2.82. The van der Waals surface area contributed by atoms with Crippen LogP contribution in [0.5, 0.6) is 0 Å². The van der Waals surface area contributed by atoms with E-state index in [9.17, 15) is 9.59 Å². The molecule has 0 bridgehead atoms. The van der Waals surface area contributed by atoms with Crippen LogP contribution in [0.2, 0.25) is 0 Å². The monoisotopic (exact) mass is 470 g/mol. The average Bonchev–Trinajstić information content (AvgIpc) is 3.46. The summed E-state index contributed by atoms with van der Waals surface area (Å²) in [5.41, 5.74) is 3.36. The zero-order valence-electron chi connectivity index (χ0n) is 16.7. The number of hydrogen-bond acceptors (Lipinski definition) is 8. The van der Waals surface area contributed by atoms with Crippen molar-refractivity contribution in [2.75, 3.05) is 11.9 Å². The van der Waals surface area contributed by atoms with Crippen molar-refractivity contribution in [2.45, 2.75) is 20.3 Å². The zero-order chi connectivity index (χ0) is 22.0. The molecule has 1 aliphatic heterocycles. The normalized spacial score (nSPS) is 15.2. The molecular formula is C21H18N4O3S3. The van der Waals surface area contributed by atoms with Crippen LogP contribution in [0.15, 0.2) is 45.2 Å². The van der Waals surface area contributed by atoms with Crippen LogP contribution in [-0.4, -0.2) is 37.9 Å². The maximum Gasteiger partial charge on any atom is 0.266 e.